The first-order chi connectivity index (χ1) is 12.2. The van der Waals surface area contributed by atoms with E-state index in [0.717, 1.165) is 5.56 Å². The number of piperidine rings is 1. The maximum atomic E-state index is 12.7. The van der Waals surface area contributed by atoms with E-state index >= 15 is 0 Å². The van der Waals surface area contributed by atoms with Gasteiger partial charge in [0.1, 0.15) is 6.04 Å². The Morgan fingerprint density at radius 2 is 1.81 bits per heavy atom. The van der Waals surface area contributed by atoms with E-state index in [2.05, 4.69) is 0 Å². The maximum absolute atomic E-state index is 12.7. The zero-order chi connectivity index (χ0) is 18.9. The Bertz CT molecular complexity index is 761. The highest BCUT2D eigenvalue weighted by Crippen LogP contribution is 2.44. The van der Waals surface area contributed by atoms with Gasteiger partial charge in [-0.05, 0) is 30.2 Å². The Balaban J connectivity index is 1.67. The van der Waals surface area contributed by atoms with Gasteiger partial charge in [-0.2, -0.15) is 0 Å². The van der Waals surface area contributed by atoms with Crippen LogP contribution in [-0.2, 0) is 25.4 Å². The molecule has 1 atom stereocenters. The van der Waals surface area contributed by atoms with Gasteiger partial charge in [-0.25, -0.2) is 17.5 Å². The van der Waals surface area contributed by atoms with E-state index in [0.29, 0.717) is 38.9 Å². The largest absolute Gasteiger partial charge is 0.480 e. The molecule has 2 heterocycles. The zero-order valence-electron chi connectivity index (χ0n) is 14.8. The molecule has 2 fully saturated rings. The summed E-state index contributed by atoms with van der Waals surface area (Å²) in [5.41, 5.74) is 0.454. The molecule has 0 aliphatic carbocycles. The van der Waals surface area contributed by atoms with Crippen LogP contribution in [0, 0.1) is 5.41 Å². The first kappa shape index (κ1) is 18.8. The number of rotatable bonds is 4. The van der Waals surface area contributed by atoms with E-state index in [1.807, 2.05) is 18.2 Å². The zero-order valence-corrected chi connectivity index (χ0v) is 15.6. The summed E-state index contributed by atoms with van der Waals surface area (Å²) in [6.07, 6.45) is 1.55. The lowest BCUT2D eigenvalue weighted by Crippen LogP contribution is -2.44. The third-order valence-corrected chi connectivity index (χ3v) is 7.42. The van der Waals surface area contributed by atoms with Crippen LogP contribution in [0.2, 0.25) is 0 Å². The van der Waals surface area contributed by atoms with Crippen molar-refractivity contribution in [3.63, 3.8) is 0 Å². The first-order valence-electron chi connectivity index (χ1n) is 8.74. The second-order valence-corrected chi connectivity index (χ2v) is 9.31. The topological polar surface area (TPSA) is 95.0 Å². The van der Waals surface area contributed by atoms with Crippen molar-refractivity contribution in [2.45, 2.75) is 38.0 Å². The van der Waals surface area contributed by atoms with E-state index < -0.39 is 22.0 Å². The minimum atomic E-state index is -3.41. The van der Waals surface area contributed by atoms with Crippen LogP contribution in [-0.4, -0.2) is 60.3 Å². The van der Waals surface area contributed by atoms with Crippen LogP contribution in [0.15, 0.2) is 30.3 Å². The average Bonchev–Trinajstić information content (AvgIpc) is 2.96. The minimum absolute atomic E-state index is 0.0296. The highest BCUT2D eigenvalue weighted by atomic mass is 32.2. The van der Waals surface area contributed by atoms with Crippen molar-refractivity contribution >= 4 is 21.9 Å². The number of hydrogen-bond acceptors (Lipinski definition) is 4. The van der Waals surface area contributed by atoms with E-state index in [-0.39, 0.29) is 17.1 Å². The van der Waals surface area contributed by atoms with Crippen molar-refractivity contribution in [1.29, 1.82) is 0 Å². The molecular weight excluding hydrogens is 356 g/mol. The van der Waals surface area contributed by atoms with Crippen molar-refractivity contribution in [1.82, 2.24) is 9.21 Å². The van der Waals surface area contributed by atoms with Crippen molar-refractivity contribution in [3.05, 3.63) is 35.9 Å². The normalized spacial score (nSPS) is 23.3. The molecule has 2 aliphatic heterocycles. The molecule has 2 saturated heterocycles. The lowest BCUT2D eigenvalue weighted by Gasteiger charge is -2.38. The molecule has 0 unspecified atom stereocenters. The molecule has 1 spiro atoms. The fraction of sp³-hybridized carbons (Fsp3) is 0.556. The lowest BCUT2D eigenvalue weighted by atomic mass is 9.77. The van der Waals surface area contributed by atoms with Crippen molar-refractivity contribution in [3.8, 4) is 0 Å². The molecule has 26 heavy (non-hydrogen) atoms. The van der Waals surface area contributed by atoms with E-state index in [9.17, 15) is 23.1 Å². The highest BCUT2D eigenvalue weighted by molar-refractivity contribution is 7.88. The van der Waals surface area contributed by atoms with E-state index in [1.165, 1.54) is 16.1 Å². The standard InChI is InChI=1S/C18H24N2O5S/c1-14(21)20-13-18(11-16(20)17(22)23)7-9-19(10-8-18)26(24,25)12-15-5-3-2-4-6-15/h2-6,16H,7-13H2,1H3,(H,22,23)/t16-/m1/s1. The number of amides is 1. The summed E-state index contributed by atoms with van der Waals surface area (Å²) in [5, 5.41) is 9.39. The monoisotopic (exact) mass is 380 g/mol. The third-order valence-electron chi connectivity index (χ3n) is 5.57. The van der Waals surface area contributed by atoms with E-state index in [1.54, 1.807) is 12.1 Å². The summed E-state index contributed by atoms with van der Waals surface area (Å²) >= 11 is 0. The predicted molar refractivity (Wildman–Crippen MR) is 95.7 cm³/mol. The van der Waals surface area contributed by atoms with Gasteiger partial charge in [-0.1, -0.05) is 30.3 Å². The molecule has 2 aliphatic rings. The van der Waals surface area contributed by atoms with Gasteiger partial charge in [-0.3, -0.25) is 4.79 Å². The van der Waals surface area contributed by atoms with E-state index in [4.69, 9.17) is 0 Å². The first-order valence-corrected chi connectivity index (χ1v) is 10.4. The molecule has 1 N–H and O–H groups in total. The molecule has 7 nitrogen and oxygen atoms in total. The van der Waals surface area contributed by atoms with Gasteiger partial charge in [0.15, 0.2) is 0 Å². The highest BCUT2D eigenvalue weighted by Gasteiger charge is 2.50. The minimum Gasteiger partial charge on any atom is -0.480 e. The number of likely N-dealkylation sites (tertiary alicyclic amines) is 1. The second kappa shape index (κ2) is 7.00. The number of sulfonamides is 1. The number of hydrogen-bond donors (Lipinski definition) is 1. The van der Waals surface area contributed by atoms with Gasteiger partial charge in [0.25, 0.3) is 0 Å². The van der Waals surface area contributed by atoms with Crippen LogP contribution < -0.4 is 0 Å². The fourth-order valence-corrected chi connectivity index (χ4v) is 5.62. The van der Waals surface area contributed by atoms with Crippen molar-refractivity contribution in [2.24, 2.45) is 5.41 Å². The summed E-state index contributed by atoms with van der Waals surface area (Å²) in [6.45, 7) is 2.51. The SMILES string of the molecule is CC(=O)N1CC2(CCN(S(=O)(=O)Cc3ccccc3)CC2)C[C@@H]1C(=O)O. The van der Waals surface area contributed by atoms with Crippen LogP contribution in [0.1, 0.15) is 31.7 Å². The number of carboxylic acid groups (broad SMARTS) is 1. The van der Waals surface area contributed by atoms with Gasteiger partial charge in [0.05, 0.1) is 5.75 Å². The van der Waals surface area contributed by atoms with Gasteiger partial charge >= 0.3 is 5.97 Å². The summed E-state index contributed by atoms with van der Waals surface area (Å²) in [6, 6.07) is 8.26. The van der Waals surface area contributed by atoms with Gasteiger partial charge < -0.3 is 10.0 Å². The molecule has 1 aromatic carbocycles. The van der Waals surface area contributed by atoms with Gasteiger partial charge in [0, 0.05) is 26.6 Å². The predicted octanol–water partition coefficient (Wildman–Crippen LogP) is 1.30. The molecule has 3 rings (SSSR count). The van der Waals surface area contributed by atoms with Crippen LogP contribution >= 0.6 is 0 Å². The number of carboxylic acids is 1. The van der Waals surface area contributed by atoms with Gasteiger partial charge in [0.2, 0.25) is 15.9 Å². The fourth-order valence-electron chi connectivity index (χ4n) is 4.08. The number of carbonyl (C=O) groups is 2. The lowest BCUT2D eigenvalue weighted by molar-refractivity contribution is -0.147. The Morgan fingerprint density at radius 1 is 1.19 bits per heavy atom. The molecule has 0 aromatic heterocycles. The van der Waals surface area contributed by atoms with Crippen LogP contribution in [0.4, 0.5) is 0 Å². The van der Waals surface area contributed by atoms with Crippen molar-refractivity contribution < 1.29 is 23.1 Å². The molecule has 0 radical (unpaired) electrons. The second-order valence-electron chi connectivity index (χ2n) is 7.35. The summed E-state index contributed by atoms with van der Waals surface area (Å²) in [5.74, 6) is -1.26. The summed E-state index contributed by atoms with van der Waals surface area (Å²) in [4.78, 5) is 24.7. The summed E-state index contributed by atoms with van der Waals surface area (Å²) in [7, 11) is -3.41. The molecule has 8 heteroatoms. The molecule has 1 amide bonds. The van der Waals surface area contributed by atoms with Gasteiger partial charge in [-0.15, -0.1) is 0 Å². The van der Waals surface area contributed by atoms with Crippen LogP contribution in [0.3, 0.4) is 0 Å². The van der Waals surface area contributed by atoms with Crippen molar-refractivity contribution in [2.75, 3.05) is 19.6 Å². The Labute approximate surface area is 153 Å². The Kier molecular flexibility index (Phi) is 5.07. The summed E-state index contributed by atoms with van der Waals surface area (Å²) < 4.78 is 26.8. The molecular formula is C18H24N2O5S. The maximum Gasteiger partial charge on any atom is 0.326 e. The average molecular weight is 380 g/mol. The molecule has 0 saturated carbocycles. The molecule has 0 bridgehead atoms. The Hall–Kier alpha value is -1.93. The number of aliphatic carboxylic acids is 1. The van der Waals surface area contributed by atoms with Crippen LogP contribution in [0.5, 0.6) is 0 Å². The Morgan fingerprint density at radius 3 is 2.31 bits per heavy atom. The number of nitrogens with zero attached hydrogens (tertiary/aromatic N) is 2. The number of benzene rings is 1. The van der Waals surface area contributed by atoms with Crippen LogP contribution in [0.25, 0.3) is 0 Å². The molecule has 1 aromatic rings. The quantitative estimate of drug-likeness (QED) is 0.850. The third kappa shape index (κ3) is 3.76. The smallest absolute Gasteiger partial charge is 0.326 e. The number of carbonyl (C=O) groups excluding carboxylic acids is 1. The molecule has 142 valence electrons.